The lowest BCUT2D eigenvalue weighted by Crippen LogP contribution is -2.41. The van der Waals surface area contributed by atoms with Crippen molar-refractivity contribution in [1.82, 2.24) is 13.7 Å². The van der Waals surface area contributed by atoms with Gasteiger partial charge in [0.1, 0.15) is 11.0 Å². The number of hydrogen-bond donors (Lipinski definition) is 0. The number of pyridine rings is 1. The van der Waals surface area contributed by atoms with Crippen molar-refractivity contribution in [3.8, 4) is 11.4 Å². The van der Waals surface area contributed by atoms with Crippen LogP contribution in [0.15, 0.2) is 72.3 Å². The Morgan fingerprint density at radius 3 is 2.17 bits per heavy atom. The van der Waals surface area contributed by atoms with Crippen LogP contribution in [0, 0.1) is 13.8 Å². The summed E-state index contributed by atoms with van der Waals surface area (Å²) in [6, 6.07) is 13.7. The van der Waals surface area contributed by atoms with E-state index in [0.717, 1.165) is 10.0 Å². The molecule has 1 unspecified atom stereocenters. The molecule has 0 spiro atoms. The Kier molecular flexibility index (Phi) is 5.88. The molecule has 1 fully saturated rings. The zero-order chi connectivity index (χ0) is 25.0. The van der Waals surface area contributed by atoms with Crippen LogP contribution >= 0.6 is 15.9 Å². The summed E-state index contributed by atoms with van der Waals surface area (Å²) < 4.78 is 23.6. The molecule has 0 saturated heterocycles. The first-order valence-electron chi connectivity index (χ1n) is 11.0. The number of hydrogen-bond acceptors (Lipinski definition) is 5. The van der Waals surface area contributed by atoms with E-state index in [1.807, 2.05) is 6.92 Å². The summed E-state index contributed by atoms with van der Waals surface area (Å²) in [6.07, 6.45) is 1.41. The maximum Gasteiger partial charge on any atom is 0.337 e. The van der Waals surface area contributed by atoms with Crippen molar-refractivity contribution < 1.29 is 8.39 Å². The molecule has 2 heterocycles. The molecule has 2 aromatic heterocycles. The first-order valence-corrected chi connectivity index (χ1v) is 12.9. The van der Waals surface area contributed by atoms with Crippen molar-refractivity contribution in [3.05, 3.63) is 95.3 Å². The van der Waals surface area contributed by atoms with Gasteiger partial charge in [0.2, 0.25) is 11.1 Å². The standard InChI is InChI=1S/C25H22BrN3O5S/c1-14-4-12-19(13-5-14)35(33)34-21-15(2)23(30)27(3)22-20(21)24(31)29(18-10-11-18)25(32)28(22)17-8-6-16(26)7-9-17/h4-9,12-13,18H,10-11H2,1-3H3. The molecule has 180 valence electrons. The van der Waals surface area contributed by atoms with Crippen LogP contribution in [0.4, 0.5) is 0 Å². The van der Waals surface area contributed by atoms with Crippen LogP contribution in [0.3, 0.4) is 0 Å². The fourth-order valence-corrected chi connectivity index (χ4v) is 5.20. The molecule has 0 radical (unpaired) electrons. The number of aromatic nitrogens is 3. The molecule has 1 saturated carbocycles. The molecule has 1 atom stereocenters. The Balaban J connectivity index is 1.86. The highest BCUT2D eigenvalue weighted by molar-refractivity contribution is 9.10. The molecule has 0 amide bonds. The molecular formula is C25H22BrN3O5S. The maximum absolute atomic E-state index is 13.7. The molecule has 1 aliphatic carbocycles. The van der Waals surface area contributed by atoms with Gasteiger partial charge in [0.05, 0.1) is 16.1 Å². The minimum absolute atomic E-state index is 0.0412. The monoisotopic (exact) mass is 555 g/mol. The average molecular weight is 556 g/mol. The predicted molar refractivity (Wildman–Crippen MR) is 138 cm³/mol. The lowest BCUT2D eigenvalue weighted by Gasteiger charge is -2.19. The molecule has 1 aliphatic rings. The summed E-state index contributed by atoms with van der Waals surface area (Å²) >= 11 is 1.41. The second kappa shape index (κ2) is 8.76. The van der Waals surface area contributed by atoms with Crippen LogP contribution in [0.25, 0.3) is 16.7 Å². The Morgan fingerprint density at radius 1 is 0.943 bits per heavy atom. The van der Waals surface area contributed by atoms with Crippen molar-refractivity contribution in [1.29, 1.82) is 0 Å². The number of rotatable bonds is 5. The molecule has 4 aromatic rings. The fraction of sp³-hybridized carbons (Fsp3) is 0.240. The highest BCUT2D eigenvalue weighted by Crippen LogP contribution is 2.34. The average Bonchev–Trinajstić information content (AvgIpc) is 3.67. The molecule has 5 rings (SSSR count). The van der Waals surface area contributed by atoms with Gasteiger partial charge in [-0.3, -0.25) is 18.7 Å². The lowest BCUT2D eigenvalue weighted by atomic mass is 10.2. The Morgan fingerprint density at radius 2 is 1.57 bits per heavy atom. The van der Waals surface area contributed by atoms with Crippen LogP contribution in [0.5, 0.6) is 5.75 Å². The van der Waals surface area contributed by atoms with Gasteiger partial charge in [-0.15, -0.1) is 0 Å². The second-order valence-electron chi connectivity index (χ2n) is 8.65. The summed E-state index contributed by atoms with van der Waals surface area (Å²) in [5.74, 6) is -0.0766. The van der Waals surface area contributed by atoms with Gasteiger partial charge < -0.3 is 4.18 Å². The third-order valence-electron chi connectivity index (χ3n) is 6.15. The number of halogens is 1. The van der Waals surface area contributed by atoms with Gasteiger partial charge in [0, 0.05) is 17.6 Å². The molecule has 2 aromatic carbocycles. The summed E-state index contributed by atoms with van der Waals surface area (Å²) in [5.41, 5.74) is 0.162. The lowest BCUT2D eigenvalue weighted by molar-refractivity contribution is 0.556. The molecule has 35 heavy (non-hydrogen) atoms. The van der Waals surface area contributed by atoms with E-state index >= 15 is 0 Å². The maximum atomic E-state index is 13.7. The highest BCUT2D eigenvalue weighted by atomic mass is 79.9. The van der Waals surface area contributed by atoms with E-state index in [4.69, 9.17) is 4.18 Å². The highest BCUT2D eigenvalue weighted by Gasteiger charge is 2.32. The summed E-state index contributed by atoms with van der Waals surface area (Å²) in [4.78, 5) is 40.9. The van der Waals surface area contributed by atoms with Crippen molar-refractivity contribution in [2.24, 2.45) is 7.05 Å². The minimum atomic E-state index is -1.98. The van der Waals surface area contributed by atoms with Crippen LogP contribution in [0.1, 0.15) is 30.0 Å². The molecule has 8 nitrogen and oxygen atoms in total. The van der Waals surface area contributed by atoms with Crippen molar-refractivity contribution in [2.45, 2.75) is 37.6 Å². The largest absolute Gasteiger partial charge is 0.395 e. The zero-order valence-corrected chi connectivity index (χ0v) is 21.7. The molecule has 0 aliphatic heterocycles. The number of fused-ring (bicyclic) bond motifs is 1. The Labute approximate surface area is 211 Å². The fourth-order valence-electron chi connectivity index (χ4n) is 4.12. The molecule has 0 N–H and O–H groups in total. The summed E-state index contributed by atoms with van der Waals surface area (Å²) in [5, 5.41) is 0.0412. The summed E-state index contributed by atoms with van der Waals surface area (Å²) in [6.45, 7) is 3.44. The smallest absolute Gasteiger partial charge is 0.337 e. The van der Waals surface area contributed by atoms with Gasteiger partial charge in [-0.25, -0.2) is 13.6 Å². The van der Waals surface area contributed by atoms with Crippen molar-refractivity contribution in [2.75, 3.05) is 0 Å². The Bertz CT molecular complexity index is 1680. The minimum Gasteiger partial charge on any atom is -0.395 e. The van der Waals surface area contributed by atoms with Crippen LogP contribution in [-0.4, -0.2) is 17.9 Å². The van der Waals surface area contributed by atoms with Crippen molar-refractivity contribution in [3.63, 3.8) is 0 Å². The van der Waals surface area contributed by atoms with Crippen LogP contribution in [-0.2, 0) is 18.1 Å². The zero-order valence-electron chi connectivity index (χ0n) is 19.3. The van der Waals surface area contributed by atoms with Gasteiger partial charge in [0.25, 0.3) is 11.1 Å². The SMILES string of the molecule is Cc1ccc(S(=O)Oc2c(C)c(=O)n(C)c3c2c(=O)n(C2CC2)c(=O)n3-c2ccc(Br)cc2)cc1. The first kappa shape index (κ1) is 23.5. The quantitative estimate of drug-likeness (QED) is 0.374. The second-order valence-corrected chi connectivity index (χ2v) is 10.7. The van der Waals surface area contributed by atoms with E-state index in [1.54, 1.807) is 48.5 Å². The van der Waals surface area contributed by atoms with E-state index in [-0.39, 0.29) is 28.4 Å². The molecular weight excluding hydrogens is 534 g/mol. The van der Waals surface area contributed by atoms with Gasteiger partial charge in [-0.2, -0.15) is 0 Å². The van der Waals surface area contributed by atoms with E-state index in [2.05, 4.69) is 15.9 Å². The number of benzene rings is 2. The van der Waals surface area contributed by atoms with E-state index in [1.165, 1.54) is 27.7 Å². The van der Waals surface area contributed by atoms with Crippen LogP contribution in [0.2, 0.25) is 0 Å². The summed E-state index contributed by atoms with van der Waals surface area (Å²) in [7, 11) is 1.51. The third kappa shape index (κ3) is 4.00. The van der Waals surface area contributed by atoms with E-state index in [0.29, 0.717) is 23.4 Å². The predicted octanol–water partition coefficient (Wildman–Crippen LogP) is 3.67. The number of nitrogens with zero attached hydrogens (tertiary/aromatic N) is 3. The first-order chi connectivity index (χ1) is 16.7. The van der Waals surface area contributed by atoms with E-state index in [9.17, 15) is 18.6 Å². The molecule has 0 bridgehead atoms. The van der Waals surface area contributed by atoms with Crippen LogP contribution < -0.4 is 21.0 Å². The number of aryl methyl sites for hydroxylation is 2. The molecule has 10 heteroatoms. The topological polar surface area (TPSA) is 92.3 Å². The van der Waals surface area contributed by atoms with Gasteiger partial charge in [-0.1, -0.05) is 33.6 Å². The Hall–Kier alpha value is -3.24. The van der Waals surface area contributed by atoms with E-state index < -0.39 is 27.9 Å². The van der Waals surface area contributed by atoms with Gasteiger partial charge in [0.15, 0.2) is 5.75 Å². The van der Waals surface area contributed by atoms with Gasteiger partial charge in [-0.05, 0) is 63.1 Å². The van der Waals surface area contributed by atoms with Crippen molar-refractivity contribution >= 4 is 38.0 Å². The third-order valence-corrected chi connectivity index (χ3v) is 7.65. The van der Waals surface area contributed by atoms with Gasteiger partial charge >= 0.3 is 5.69 Å². The normalized spacial score (nSPS) is 14.3.